The Morgan fingerprint density at radius 2 is 2.24 bits per heavy atom. The van der Waals surface area contributed by atoms with E-state index in [4.69, 9.17) is 11.6 Å². The van der Waals surface area contributed by atoms with Crippen molar-refractivity contribution in [2.24, 2.45) is 0 Å². The molecule has 0 aliphatic carbocycles. The molecule has 0 saturated heterocycles. The number of benzene rings is 1. The van der Waals surface area contributed by atoms with Gasteiger partial charge in [0.15, 0.2) is 0 Å². The minimum Gasteiger partial charge on any atom is -0.388 e. The van der Waals surface area contributed by atoms with Gasteiger partial charge in [0.1, 0.15) is 5.82 Å². The summed E-state index contributed by atoms with van der Waals surface area (Å²) < 4.78 is 13.4. The zero-order valence-corrected chi connectivity index (χ0v) is 11.5. The number of thioether (sulfide) groups is 1. The van der Waals surface area contributed by atoms with Gasteiger partial charge in [-0.25, -0.2) is 4.39 Å². The fourth-order valence-corrected chi connectivity index (χ4v) is 2.47. The predicted molar refractivity (Wildman–Crippen MR) is 72.1 cm³/mol. The van der Waals surface area contributed by atoms with Crippen molar-refractivity contribution < 1.29 is 9.50 Å². The van der Waals surface area contributed by atoms with Crippen molar-refractivity contribution in [2.75, 3.05) is 18.6 Å². The van der Waals surface area contributed by atoms with Crippen LogP contribution in [0.3, 0.4) is 0 Å². The topological polar surface area (TPSA) is 32.3 Å². The Balaban J connectivity index is 2.51. The zero-order chi connectivity index (χ0) is 12.9. The van der Waals surface area contributed by atoms with E-state index in [-0.39, 0.29) is 5.82 Å². The highest BCUT2D eigenvalue weighted by Gasteiger charge is 2.19. The highest BCUT2D eigenvalue weighted by Crippen LogP contribution is 2.18. The predicted octanol–water partition coefficient (Wildman–Crippen LogP) is 2.68. The summed E-state index contributed by atoms with van der Waals surface area (Å²) in [5.41, 5.74) is -0.355. The number of hydrogen-bond donors (Lipinski definition) is 2. The van der Waals surface area contributed by atoms with E-state index >= 15 is 0 Å². The molecule has 96 valence electrons. The third kappa shape index (κ3) is 4.84. The van der Waals surface area contributed by atoms with E-state index in [1.54, 1.807) is 30.8 Å². The largest absolute Gasteiger partial charge is 0.388 e. The minimum atomic E-state index is -0.794. The lowest BCUT2D eigenvalue weighted by Crippen LogP contribution is -2.39. The van der Waals surface area contributed by atoms with Crippen molar-refractivity contribution >= 4 is 23.4 Å². The Bertz CT molecular complexity index is 353. The van der Waals surface area contributed by atoms with Crippen LogP contribution in [0, 0.1) is 5.82 Å². The molecule has 0 heterocycles. The van der Waals surface area contributed by atoms with Crippen LogP contribution in [0.1, 0.15) is 12.5 Å². The maximum atomic E-state index is 13.4. The average molecular weight is 278 g/mol. The van der Waals surface area contributed by atoms with Gasteiger partial charge >= 0.3 is 0 Å². The fourth-order valence-electron chi connectivity index (χ4n) is 1.52. The Morgan fingerprint density at radius 1 is 1.53 bits per heavy atom. The Hall–Kier alpha value is -0.290. The summed E-state index contributed by atoms with van der Waals surface area (Å²) in [7, 11) is 0. The Kier molecular flexibility index (Phi) is 5.73. The van der Waals surface area contributed by atoms with E-state index in [0.717, 1.165) is 0 Å². The van der Waals surface area contributed by atoms with E-state index in [2.05, 4.69) is 5.32 Å². The van der Waals surface area contributed by atoms with Crippen LogP contribution in [0.2, 0.25) is 5.02 Å². The van der Waals surface area contributed by atoms with Crippen LogP contribution in [0.25, 0.3) is 0 Å². The van der Waals surface area contributed by atoms with E-state index in [9.17, 15) is 9.50 Å². The lowest BCUT2D eigenvalue weighted by Gasteiger charge is -2.22. The van der Waals surface area contributed by atoms with E-state index in [0.29, 0.717) is 29.4 Å². The zero-order valence-electron chi connectivity index (χ0n) is 9.96. The van der Waals surface area contributed by atoms with Crippen molar-refractivity contribution in [3.63, 3.8) is 0 Å². The number of hydrogen-bond acceptors (Lipinski definition) is 3. The first-order valence-corrected chi connectivity index (χ1v) is 7.08. The summed E-state index contributed by atoms with van der Waals surface area (Å²) in [4.78, 5) is 0. The van der Waals surface area contributed by atoms with Gasteiger partial charge in [-0.05, 0) is 25.3 Å². The van der Waals surface area contributed by atoms with Gasteiger partial charge in [0.25, 0.3) is 0 Å². The monoisotopic (exact) mass is 277 g/mol. The molecular formula is C12H17ClFNOS. The summed E-state index contributed by atoms with van der Waals surface area (Å²) in [5, 5.41) is 13.3. The van der Waals surface area contributed by atoms with E-state index in [1.807, 2.05) is 6.26 Å². The molecule has 5 heteroatoms. The van der Waals surface area contributed by atoms with Crippen LogP contribution < -0.4 is 5.32 Å². The maximum Gasteiger partial charge on any atom is 0.129 e. The standard InChI is InChI=1S/C12H17ClFNOS/c1-12(16,8-17-2)7-15-6-9-10(13)4-3-5-11(9)14/h3-5,15-16H,6-8H2,1-2H3. The molecular weight excluding hydrogens is 261 g/mol. The van der Waals surface area contributed by atoms with Crippen LogP contribution in [0.5, 0.6) is 0 Å². The lowest BCUT2D eigenvalue weighted by atomic mass is 10.1. The van der Waals surface area contributed by atoms with Crippen LogP contribution in [0.4, 0.5) is 4.39 Å². The first-order chi connectivity index (χ1) is 7.96. The first-order valence-electron chi connectivity index (χ1n) is 5.31. The molecule has 17 heavy (non-hydrogen) atoms. The smallest absolute Gasteiger partial charge is 0.129 e. The fraction of sp³-hybridized carbons (Fsp3) is 0.500. The second-order valence-electron chi connectivity index (χ2n) is 4.23. The summed E-state index contributed by atoms with van der Waals surface area (Å²) in [6, 6.07) is 4.61. The van der Waals surface area contributed by atoms with Crippen molar-refractivity contribution in [3.8, 4) is 0 Å². The van der Waals surface area contributed by atoms with Gasteiger partial charge in [-0.15, -0.1) is 0 Å². The first kappa shape index (κ1) is 14.8. The molecule has 0 radical (unpaired) electrons. The SMILES string of the molecule is CSCC(C)(O)CNCc1c(F)cccc1Cl. The third-order valence-electron chi connectivity index (χ3n) is 2.32. The number of halogens is 2. The summed E-state index contributed by atoms with van der Waals surface area (Å²) in [5.74, 6) is 0.305. The summed E-state index contributed by atoms with van der Waals surface area (Å²) in [6.45, 7) is 2.47. The van der Waals surface area contributed by atoms with Crippen molar-refractivity contribution in [1.82, 2.24) is 5.32 Å². The molecule has 0 saturated carbocycles. The highest BCUT2D eigenvalue weighted by atomic mass is 35.5. The number of aliphatic hydroxyl groups is 1. The van der Waals surface area contributed by atoms with Crippen LogP contribution in [0.15, 0.2) is 18.2 Å². The van der Waals surface area contributed by atoms with Crippen molar-refractivity contribution in [2.45, 2.75) is 19.1 Å². The molecule has 0 fully saturated rings. The van der Waals surface area contributed by atoms with E-state index in [1.165, 1.54) is 6.07 Å². The molecule has 0 aromatic heterocycles. The second-order valence-corrected chi connectivity index (χ2v) is 5.51. The molecule has 0 bridgehead atoms. The maximum absolute atomic E-state index is 13.4. The number of rotatable bonds is 6. The number of nitrogens with one attached hydrogen (secondary N) is 1. The van der Waals surface area contributed by atoms with Gasteiger partial charge in [-0.2, -0.15) is 11.8 Å². The van der Waals surface area contributed by atoms with Crippen molar-refractivity contribution in [1.29, 1.82) is 0 Å². The molecule has 1 atom stereocenters. The molecule has 1 unspecified atom stereocenters. The van der Waals surface area contributed by atoms with Gasteiger partial charge in [0.05, 0.1) is 5.60 Å². The Morgan fingerprint density at radius 3 is 2.82 bits per heavy atom. The molecule has 2 nitrogen and oxygen atoms in total. The molecule has 1 rings (SSSR count). The molecule has 0 aliphatic rings. The molecule has 0 spiro atoms. The summed E-state index contributed by atoms with van der Waals surface area (Å²) >= 11 is 7.47. The van der Waals surface area contributed by atoms with Crippen LogP contribution >= 0.6 is 23.4 Å². The quantitative estimate of drug-likeness (QED) is 0.839. The van der Waals surface area contributed by atoms with Crippen LogP contribution in [-0.2, 0) is 6.54 Å². The molecule has 0 aliphatic heterocycles. The van der Waals surface area contributed by atoms with Gasteiger partial charge in [-0.1, -0.05) is 17.7 Å². The highest BCUT2D eigenvalue weighted by molar-refractivity contribution is 7.98. The lowest BCUT2D eigenvalue weighted by molar-refractivity contribution is 0.0845. The van der Waals surface area contributed by atoms with E-state index < -0.39 is 5.60 Å². The second kappa shape index (κ2) is 6.59. The Labute approximate surface area is 111 Å². The molecule has 1 aromatic carbocycles. The van der Waals surface area contributed by atoms with Crippen LogP contribution in [-0.4, -0.2) is 29.3 Å². The van der Waals surface area contributed by atoms with Crippen molar-refractivity contribution in [3.05, 3.63) is 34.6 Å². The van der Waals surface area contributed by atoms with Gasteiger partial charge in [0, 0.05) is 29.4 Å². The minimum absolute atomic E-state index is 0.316. The summed E-state index contributed by atoms with van der Waals surface area (Å²) in [6.07, 6.45) is 1.93. The van der Waals surface area contributed by atoms with Gasteiger partial charge < -0.3 is 10.4 Å². The van der Waals surface area contributed by atoms with Gasteiger partial charge in [-0.3, -0.25) is 0 Å². The molecule has 1 aromatic rings. The normalized spacial score (nSPS) is 14.6. The third-order valence-corrected chi connectivity index (χ3v) is 3.59. The van der Waals surface area contributed by atoms with Gasteiger partial charge in [0.2, 0.25) is 0 Å². The average Bonchev–Trinajstić information content (AvgIpc) is 2.22. The molecule has 0 amide bonds. The molecule has 2 N–H and O–H groups in total.